The van der Waals surface area contributed by atoms with Crippen LogP contribution >= 0.6 is 0 Å². The Morgan fingerprint density at radius 2 is 1.50 bits per heavy atom. The van der Waals surface area contributed by atoms with Gasteiger partial charge in [0.15, 0.2) is 0 Å². The topological polar surface area (TPSA) is 49.4 Å². The highest BCUT2D eigenvalue weighted by Crippen LogP contribution is 2.32. The third kappa shape index (κ3) is 3.62. The smallest absolute Gasteiger partial charge is 0.278 e. The van der Waals surface area contributed by atoms with E-state index >= 15 is 0 Å². The summed E-state index contributed by atoms with van der Waals surface area (Å²) in [6.45, 7) is 3.75. The Labute approximate surface area is 174 Å². The number of hydrogen-bond acceptors (Lipinski definition) is 3. The molecule has 0 unspecified atom stereocenters. The predicted octanol–water partition coefficient (Wildman–Crippen LogP) is 4.83. The Bertz CT molecular complexity index is 1170. The lowest BCUT2D eigenvalue weighted by Gasteiger charge is -2.16. The molecule has 0 saturated carbocycles. The molecular formula is C25H21FN2O2. The molecule has 4 nitrogen and oxygen atoms in total. The number of imide groups is 1. The maximum Gasteiger partial charge on any atom is 0.278 e. The van der Waals surface area contributed by atoms with Crippen molar-refractivity contribution in [2.75, 3.05) is 5.32 Å². The fourth-order valence-electron chi connectivity index (χ4n) is 3.47. The summed E-state index contributed by atoms with van der Waals surface area (Å²) in [6, 6.07) is 21.1. The SMILES string of the molecule is Cc1ccc(C2=C(Nc3ccccc3C)C(=O)N(Cc3ccccc3F)C2=O)cc1. The van der Waals surface area contributed by atoms with Gasteiger partial charge in [0.1, 0.15) is 11.5 Å². The normalized spacial score (nSPS) is 13.9. The van der Waals surface area contributed by atoms with E-state index in [0.717, 1.165) is 21.7 Å². The van der Waals surface area contributed by atoms with Crippen LogP contribution in [0.2, 0.25) is 0 Å². The summed E-state index contributed by atoms with van der Waals surface area (Å²) in [7, 11) is 0. The first-order valence-corrected chi connectivity index (χ1v) is 9.69. The first-order chi connectivity index (χ1) is 14.5. The highest BCUT2D eigenvalue weighted by molar-refractivity contribution is 6.36. The van der Waals surface area contributed by atoms with E-state index < -0.39 is 17.6 Å². The van der Waals surface area contributed by atoms with E-state index in [9.17, 15) is 14.0 Å². The zero-order valence-corrected chi connectivity index (χ0v) is 16.8. The van der Waals surface area contributed by atoms with Crippen molar-refractivity contribution in [2.24, 2.45) is 0 Å². The van der Waals surface area contributed by atoms with E-state index in [1.165, 1.54) is 6.07 Å². The van der Waals surface area contributed by atoms with Crippen LogP contribution in [0.25, 0.3) is 5.57 Å². The molecule has 1 N–H and O–H groups in total. The third-order valence-corrected chi connectivity index (χ3v) is 5.20. The van der Waals surface area contributed by atoms with E-state index in [2.05, 4.69) is 5.32 Å². The number of amides is 2. The van der Waals surface area contributed by atoms with Crippen molar-refractivity contribution in [3.05, 3.63) is 107 Å². The molecule has 3 aromatic rings. The summed E-state index contributed by atoms with van der Waals surface area (Å²) in [5.41, 5.74) is 4.17. The Hall–Kier alpha value is -3.73. The van der Waals surface area contributed by atoms with Gasteiger partial charge in [-0.25, -0.2) is 4.39 Å². The lowest BCUT2D eigenvalue weighted by Crippen LogP contribution is -2.32. The van der Waals surface area contributed by atoms with E-state index in [-0.39, 0.29) is 12.2 Å². The number of halogens is 1. The number of para-hydroxylation sites is 1. The van der Waals surface area contributed by atoms with Crippen molar-refractivity contribution in [3.8, 4) is 0 Å². The van der Waals surface area contributed by atoms with Gasteiger partial charge in [-0.3, -0.25) is 14.5 Å². The summed E-state index contributed by atoms with van der Waals surface area (Å²) in [5.74, 6) is -1.36. The van der Waals surface area contributed by atoms with Gasteiger partial charge in [-0.05, 0) is 37.1 Å². The molecule has 0 saturated heterocycles. The minimum absolute atomic E-state index is 0.126. The molecule has 0 aromatic heterocycles. The van der Waals surface area contributed by atoms with Gasteiger partial charge in [0.2, 0.25) is 0 Å². The average Bonchev–Trinajstić information content (AvgIpc) is 2.96. The molecule has 5 heteroatoms. The zero-order valence-electron chi connectivity index (χ0n) is 16.8. The predicted molar refractivity (Wildman–Crippen MR) is 115 cm³/mol. The Kier molecular flexibility index (Phi) is 5.19. The van der Waals surface area contributed by atoms with E-state index in [4.69, 9.17) is 0 Å². The molecule has 0 bridgehead atoms. The summed E-state index contributed by atoms with van der Waals surface area (Å²) < 4.78 is 14.2. The average molecular weight is 400 g/mol. The minimum atomic E-state index is -0.470. The van der Waals surface area contributed by atoms with Crippen LogP contribution in [0.15, 0.2) is 78.5 Å². The maximum absolute atomic E-state index is 14.2. The Morgan fingerprint density at radius 1 is 0.833 bits per heavy atom. The second kappa shape index (κ2) is 7.95. The molecular weight excluding hydrogens is 379 g/mol. The molecule has 0 radical (unpaired) electrons. The van der Waals surface area contributed by atoms with Crippen molar-refractivity contribution in [1.29, 1.82) is 0 Å². The molecule has 150 valence electrons. The lowest BCUT2D eigenvalue weighted by atomic mass is 10.0. The number of aryl methyl sites for hydroxylation is 2. The molecule has 1 aliphatic heterocycles. The van der Waals surface area contributed by atoms with Crippen molar-refractivity contribution in [2.45, 2.75) is 20.4 Å². The lowest BCUT2D eigenvalue weighted by molar-refractivity contribution is -0.137. The molecule has 0 spiro atoms. The monoisotopic (exact) mass is 400 g/mol. The van der Waals surface area contributed by atoms with Gasteiger partial charge in [0, 0.05) is 11.3 Å². The molecule has 0 fully saturated rings. The number of nitrogens with zero attached hydrogens (tertiary/aromatic N) is 1. The number of nitrogens with one attached hydrogen (secondary N) is 1. The molecule has 1 aliphatic rings. The van der Waals surface area contributed by atoms with Gasteiger partial charge >= 0.3 is 0 Å². The van der Waals surface area contributed by atoms with E-state index in [1.807, 2.05) is 62.4 Å². The molecule has 4 rings (SSSR count). The van der Waals surface area contributed by atoms with Crippen molar-refractivity contribution in [1.82, 2.24) is 4.90 Å². The van der Waals surface area contributed by atoms with E-state index in [1.54, 1.807) is 18.2 Å². The molecule has 3 aromatic carbocycles. The maximum atomic E-state index is 14.2. The van der Waals surface area contributed by atoms with Crippen molar-refractivity contribution >= 4 is 23.1 Å². The first kappa shape index (κ1) is 19.6. The number of rotatable bonds is 5. The van der Waals surface area contributed by atoms with Crippen LogP contribution in [0, 0.1) is 19.7 Å². The second-order valence-electron chi connectivity index (χ2n) is 7.34. The first-order valence-electron chi connectivity index (χ1n) is 9.69. The third-order valence-electron chi connectivity index (χ3n) is 5.20. The largest absolute Gasteiger partial charge is 0.350 e. The number of carbonyl (C=O) groups is 2. The van der Waals surface area contributed by atoms with E-state index in [0.29, 0.717) is 16.7 Å². The van der Waals surface area contributed by atoms with Crippen LogP contribution in [0.4, 0.5) is 10.1 Å². The molecule has 2 amide bonds. The summed E-state index contributed by atoms with van der Waals surface area (Å²) in [5, 5.41) is 3.16. The van der Waals surface area contributed by atoms with Crippen LogP contribution in [-0.2, 0) is 16.1 Å². The fraction of sp³-hybridized carbons (Fsp3) is 0.120. The van der Waals surface area contributed by atoms with Crippen LogP contribution < -0.4 is 5.32 Å². The van der Waals surface area contributed by atoms with Gasteiger partial charge in [0.25, 0.3) is 11.8 Å². The standard InChI is InChI=1S/C25H21FN2O2/c1-16-11-13-18(14-12-16)22-23(27-21-10-6-3-7-17(21)2)25(30)28(24(22)29)15-19-8-4-5-9-20(19)26/h3-14,27H,15H2,1-2H3. The Balaban J connectivity index is 1.77. The molecule has 1 heterocycles. The van der Waals surface area contributed by atoms with Crippen molar-refractivity contribution < 1.29 is 14.0 Å². The van der Waals surface area contributed by atoms with Gasteiger partial charge in [-0.15, -0.1) is 0 Å². The summed E-state index contributed by atoms with van der Waals surface area (Å²) >= 11 is 0. The zero-order chi connectivity index (χ0) is 21.3. The molecule has 0 aliphatic carbocycles. The summed E-state index contributed by atoms with van der Waals surface area (Å²) in [6.07, 6.45) is 0. The molecule has 30 heavy (non-hydrogen) atoms. The number of hydrogen-bond donors (Lipinski definition) is 1. The van der Waals surface area contributed by atoms with Gasteiger partial charge in [0.05, 0.1) is 12.1 Å². The molecule has 0 atom stereocenters. The van der Waals surface area contributed by atoms with Gasteiger partial charge in [-0.1, -0.05) is 66.2 Å². The second-order valence-corrected chi connectivity index (χ2v) is 7.34. The minimum Gasteiger partial charge on any atom is -0.350 e. The number of carbonyl (C=O) groups excluding carboxylic acids is 2. The summed E-state index contributed by atoms with van der Waals surface area (Å²) in [4.78, 5) is 27.6. The van der Waals surface area contributed by atoms with Crippen LogP contribution in [0.1, 0.15) is 22.3 Å². The highest BCUT2D eigenvalue weighted by Gasteiger charge is 2.39. The fourth-order valence-corrected chi connectivity index (χ4v) is 3.47. The van der Waals surface area contributed by atoms with Crippen molar-refractivity contribution in [3.63, 3.8) is 0 Å². The highest BCUT2D eigenvalue weighted by atomic mass is 19.1. The number of benzene rings is 3. The van der Waals surface area contributed by atoms with Gasteiger partial charge < -0.3 is 5.32 Å². The quantitative estimate of drug-likeness (QED) is 0.624. The van der Waals surface area contributed by atoms with Gasteiger partial charge in [-0.2, -0.15) is 0 Å². The van der Waals surface area contributed by atoms with Crippen LogP contribution in [0.5, 0.6) is 0 Å². The van der Waals surface area contributed by atoms with Crippen LogP contribution in [0.3, 0.4) is 0 Å². The number of anilines is 1. The van der Waals surface area contributed by atoms with Crippen LogP contribution in [-0.4, -0.2) is 16.7 Å². The Morgan fingerprint density at radius 3 is 2.20 bits per heavy atom.